The van der Waals surface area contributed by atoms with E-state index in [-0.39, 0.29) is 10.8 Å². The molecular formula is C21H22F3N3O3S. The largest absolute Gasteiger partial charge is 0.494 e. The number of carbonyl (C=O) groups excluding carboxylic acids is 1. The number of carbonyl (C=O) groups is 1. The molecule has 2 N–H and O–H groups in total. The molecule has 0 atom stereocenters. The summed E-state index contributed by atoms with van der Waals surface area (Å²) >= 11 is 5.20. The molecule has 1 aliphatic rings. The molecule has 1 amide bonds. The fourth-order valence-electron chi connectivity index (χ4n) is 3.12. The number of morpholine rings is 1. The maximum atomic E-state index is 13.2. The number of halogens is 3. The number of anilines is 2. The molecule has 1 heterocycles. The second-order valence-electron chi connectivity index (χ2n) is 6.70. The Labute approximate surface area is 183 Å². The van der Waals surface area contributed by atoms with Gasteiger partial charge in [-0.15, -0.1) is 0 Å². The van der Waals surface area contributed by atoms with Gasteiger partial charge in [-0.3, -0.25) is 10.1 Å². The third-order valence-corrected chi connectivity index (χ3v) is 4.76. The van der Waals surface area contributed by atoms with Crippen molar-refractivity contribution in [3.63, 3.8) is 0 Å². The van der Waals surface area contributed by atoms with Crippen molar-refractivity contribution in [3.05, 3.63) is 53.6 Å². The first-order valence-electron chi connectivity index (χ1n) is 9.67. The van der Waals surface area contributed by atoms with Crippen LogP contribution in [0.4, 0.5) is 24.5 Å². The predicted molar refractivity (Wildman–Crippen MR) is 116 cm³/mol. The first-order chi connectivity index (χ1) is 14.8. The van der Waals surface area contributed by atoms with Gasteiger partial charge in [-0.2, -0.15) is 13.2 Å². The lowest BCUT2D eigenvalue weighted by Crippen LogP contribution is -2.38. The Balaban J connectivity index is 1.78. The highest BCUT2D eigenvalue weighted by Crippen LogP contribution is 2.35. The SMILES string of the molecule is CCOc1cccc(C(=O)NC(=S)Nc2cc(C(F)(F)F)ccc2N2CCOCC2)c1. The molecule has 1 fully saturated rings. The number of nitrogens with one attached hydrogen (secondary N) is 2. The average Bonchev–Trinajstić information content (AvgIpc) is 2.74. The summed E-state index contributed by atoms with van der Waals surface area (Å²) in [6.45, 7) is 4.28. The van der Waals surface area contributed by atoms with E-state index in [9.17, 15) is 18.0 Å². The molecule has 0 saturated carbocycles. The van der Waals surface area contributed by atoms with Gasteiger partial charge in [-0.25, -0.2) is 0 Å². The zero-order valence-corrected chi connectivity index (χ0v) is 17.6. The molecule has 2 aromatic carbocycles. The number of alkyl halides is 3. The number of rotatable bonds is 5. The van der Waals surface area contributed by atoms with Crippen molar-refractivity contribution >= 4 is 34.6 Å². The van der Waals surface area contributed by atoms with Crippen LogP contribution in [-0.2, 0) is 10.9 Å². The van der Waals surface area contributed by atoms with Gasteiger partial charge in [0.1, 0.15) is 5.75 Å². The highest BCUT2D eigenvalue weighted by atomic mass is 32.1. The normalized spacial score (nSPS) is 14.1. The molecule has 3 rings (SSSR count). The Hall–Kier alpha value is -2.85. The van der Waals surface area contributed by atoms with E-state index in [1.165, 1.54) is 6.07 Å². The third-order valence-electron chi connectivity index (χ3n) is 4.56. The number of thiocarbonyl (C=S) groups is 1. The van der Waals surface area contributed by atoms with Gasteiger partial charge in [0, 0.05) is 18.7 Å². The molecule has 1 aliphatic heterocycles. The Morgan fingerprint density at radius 1 is 1.19 bits per heavy atom. The van der Waals surface area contributed by atoms with E-state index in [1.54, 1.807) is 24.3 Å². The molecule has 166 valence electrons. The summed E-state index contributed by atoms with van der Waals surface area (Å²) in [5.41, 5.74) is 0.203. The summed E-state index contributed by atoms with van der Waals surface area (Å²) in [5.74, 6) is 0.0282. The van der Waals surface area contributed by atoms with Crippen LogP contribution in [0.25, 0.3) is 0 Å². The van der Waals surface area contributed by atoms with Crippen molar-refractivity contribution in [1.29, 1.82) is 0 Å². The van der Waals surface area contributed by atoms with E-state index in [0.717, 1.165) is 12.1 Å². The van der Waals surface area contributed by atoms with Gasteiger partial charge >= 0.3 is 6.18 Å². The van der Waals surface area contributed by atoms with Gasteiger partial charge in [0.15, 0.2) is 5.11 Å². The number of benzene rings is 2. The number of hydrogen-bond acceptors (Lipinski definition) is 5. The van der Waals surface area contributed by atoms with Gasteiger partial charge in [0.05, 0.1) is 36.8 Å². The zero-order valence-electron chi connectivity index (χ0n) is 16.8. The Morgan fingerprint density at radius 3 is 2.61 bits per heavy atom. The molecule has 10 heteroatoms. The Morgan fingerprint density at radius 2 is 1.94 bits per heavy atom. The van der Waals surface area contributed by atoms with Crippen molar-refractivity contribution in [3.8, 4) is 5.75 Å². The van der Waals surface area contributed by atoms with Crippen molar-refractivity contribution in [1.82, 2.24) is 5.32 Å². The van der Waals surface area contributed by atoms with Crippen LogP contribution in [0.2, 0.25) is 0 Å². The van der Waals surface area contributed by atoms with Crippen molar-refractivity contribution in [2.24, 2.45) is 0 Å². The van der Waals surface area contributed by atoms with Crippen molar-refractivity contribution in [2.45, 2.75) is 13.1 Å². The van der Waals surface area contributed by atoms with E-state index < -0.39 is 17.6 Å². The summed E-state index contributed by atoms with van der Waals surface area (Å²) in [4.78, 5) is 14.4. The number of amides is 1. The quantitative estimate of drug-likeness (QED) is 0.666. The summed E-state index contributed by atoms with van der Waals surface area (Å²) in [6, 6.07) is 9.94. The maximum Gasteiger partial charge on any atom is 0.416 e. The van der Waals surface area contributed by atoms with Crippen LogP contribution >= 0.6 is 12.2 Å². The van der Waals surface area contributed by atoms with Gasteiger partial charge < -0.3 is 19.7 Å². The molecule has 2 aromatic rings. The van der Waals surface area contributed by atoms with Crippen LogP contribution in [0.15, 0.2) is 42.5 Å². The Kier molecular flexibility index (Phi) is 7.34. The fraction of sp³-hybridized carbons (Fsp3) is 0.333. The second kappa shape index (κ2) is 9.97. The lowest BCUT2D eigenvalue weighted by Gasteiger charge is -2.31. The molecule has 0 spiro atoms. The zero-order chi connectivity index (χ0) is 22.4. The molecule has 31 heavy (non-hydrogen) atoms. The molecule has 1 saturated heterocycles. The van der Waals surface area contributed by atoms with Crippen LogP contribution < -0.4 is 20.3 Å². The monoisotopic (exact) mass is 453 g/mol. The van der Waals surface area contributed by atoms with E-state index in [4.69, 9.17) is 21.7 Å². The third kappa shape index (κ3) is 6.08. The van der Waals surface area contributed by atoms with Crippen LogP contribution in [0, 0.1) is 0 Å². The van der Waals surface area contributed by atoms with Gasteiger partial charge in [-0.1, -0.05) is 6.07 Å². The van der Waals surface area contributed by atoms with E-state index in [1.807, 2.05) is 11.8 Å². The molecule has 6 nitrogen and oxygen atoms in total. The van der Waals surface area contributed by atoms with Crippen molar-refractivity contribution in [2.75, 3.05) is 43.1 Å². The summed E-state index contributed by atoms with van der Waals surface area (Å²) in [5, 5.41) is 5.14. The van der Waals surface area contributed by atoms with Gasteiger partial charge in [-0.05, 0) is 55.5 Å². The minimum absolute atomic E-state index is 0.111. The van der Waals surface area contributed by atoms with Crippen LogP contribution in [0.3, 0.4) is 0 Å². The average molecular weight is 453 g/mol. The minimum Gasteiger partial charge on any atom is -0.494 e. The topological polar surface area (TPSA) is 62.8 Å². The summed E-state index contributed by atoms with van der Waals surface area (Å²) in [7, 11) is 0. The summed E-state index contributed by atoms with van der Waals surface area (Å²) < 4.78 is 50.4. The van der Waals surface area contributed by atoms with Crippen LogP contribution in [0.1, 0.15) is 22.8 Å². The minimum atomic E-state index is -4.51. The molecule has 0 aromatic heterocycles. The predicted octanol–water partition coefficient (Wildman–Crippen LogP) is 4.07. The number of hydrogen-bond donors (Lipinski definition) is 2. The maximum absolute atomic E-state index is 13.2. The highest BCUT2D eigenvalue weighted by molar-refractivity contribution is 7.80. The van der Waals surface area contributed by atoms with E-state index >= 15 is 0 Å². The fourth-order valence-corrected chi connectivity index (χ4v) is 3.32. The van der Waals surface area contributed by atoms with Gasteiger partial charge in [0.2, 0.25) is 0 Å². The number of ether oxygens (including phenoxy) is 2. The Bertz CT molecular complexity index is 947. The lowest BCUT2D eigenvalue weighted by atomic mass is 10.1. The smallest absolute Gasteiger partial charge is 0.416 e. The lowest BCUT2D eigenvalue weighted by molar-refractivity contribution is -0.137. The molecule has 0 aliphatic carbocycles. The van der Waals surface area contributed by atoms with Crippen molar-refractivity contribution < 1.29 is 27.4 Å². The summed E-state index contributed by atoms with van der Waals surface area (Å²) in [6.07, 6.45) is -4.51. The second-order valence-corrected chi connectivity index (χ2v) is 7.11. The standard InChI is InChI=1S/C21H22F3N3O3S/c1-2-30-16-5-3-4-14(12-16)19(28)26-20(31)25-17-13-15(21(22,23)24)6-7-18(17)27-8-10-29-11-9-27/h3-7,12-13H,2,8-11H2,1H3,(H2,25,26,28,31). The molecule has 0 radical (unpaired) electrons. The number of nitrogens with zero attached hydrogens (tertiary/aromatic N) is 1. The first kappa shape index (κ1) is 22.8. The molecular weight excluding hydrogens is 431 g/mol. The molecule has 0 bridgehead atoms. The van der Waals surface area contributed by atoms with E-state index in [0.29, 0.717) is 49.9 Å². The first-order valence-corrected chi connectivity index (χ1v) is 10.1. The van der Waals surface area contributed by atoms with Crippen LogP contribution in [0.5, 0.6) is 5.75 Å². The van der Waals surface area contributed by atoms with Gasteiger partial charge in [0.25, 0.3) is 5.91 Å². The highest BCUT2D eigenvalue weighted by Gasteiger charge is 2.31. The molecule has 0 unspecified atom stereocenters. The van der Waals surface area contributed by atoms with Crippen LogP contribution in [-0.4, -0.2) is 43.9 Å². The van der Waals surface area contributed by atoms with E-state index in [2.05, 4.69) is 10.6 Å².